The predicted octanol–water partition coefficient (Wildman–Crippen LogP) is 3.26. The third-order valence-electron chi connectivity index (χ3n) is 7.18. The number of carbonyl (C=O) groups is 1. The van der Waals surface area contributed by atoms with Gasteiger partial charge in [-0.15, -0.1) is 0 Å². The van der Waals surface area contributed by atoms with Gasteiger partial charge in [-0.25, -0.2) is 9.78 Å². The molecule has 2 aliphatic heterocycles. The lowest BCUT2D eigenvalue weighted by molar-refractivity contribution is -0.104. The van der Waals surface area contributed by atoms with Crippen LogP contribution in [0.5, 0.6) is 0 Å². The number of aromatic amines is 1. The molecule has 33 heavy (non-hydrogen) atoms. The first-order valence-corrected chi connectivity index (χ1v) is 11.7. The number of pyridine rings is 1. The number of piperazine rings is 1. The van der Waals surface area contributed by atoms with Gasteiger partial charge in [0.05, 0.1) is 18.8 Å². The van der Waals surface area contributed by atoms with Crippen LogP contribution in [-0.4, -0.2) is 71.6 Å². The number of fused-ring (bicyclic) bond motifs is 1. The number of benzene rings is 1. The summed E-state index contributed by atoms with van der Waals surface area (Å²) in [7, 11) is 0. The summed E-state index contributed by atoms with van der Waals surface area (Å²) in [6.45, 7) is 3.72. The second kappa shape index (κ2) is 8.04. The summed E-state index contributed by atoms with van der Waals surface area (Å²) in [6, 6.07) is 12.4. The quantitative estimate of drug-likeness (QED) is 0.637. The molecule has 0 spiro atoms. The third kappa shape index (κ3) is 3.73. The number of nitrogens with zero attached hydrogens (tertiary/aromatic N) is 3. The minimum absolute atomic E-state index is 0.0978. The Labute approximate surface area is 192 Å². The van der Waals surface area contributed by atoms with Gasteiger partial charge in [-0.2, -0.15) is 0 Å². The molecule has 8 nitrogen and oxygen atoms in total. The molecule has 3 aromatic rings. The van der Waals surface area contributed by atoms with Crippen molar-refractivity contribution in [3.63, 3.8) is 0 Å². The Hall–Kier alpha value is -3.10. The number of ether oxygens (including phenoxy) is 2. The zero-order chi connectivity index (χ0) is 22.4. The molecule has 4 heterocycles. The molecule has 3 fully saturated rings. The van der Waals surface area contributed by atoms with E-state index < -0.39 is 5.60 Å². The maximum atomic E-state index is 12.3. The number of aliphatic hydroxyl groups is 1. The fourth-order valence-corrected chi connectivity index (χ4v) is 4.83. The van der Waals surface area contributed by atoms with Crippen LogP contribution in [0.4, 0.5) is 10.5 Å². The van der Waals surface area contributed by atoms with Crippen LogP contribution in [-0.2, 0) is 15.1 Å². The molecule has 2 saturated heterocycles. The average Bonchev–Trinajstić information content (AvgIpc) is 3.24. The van der Waals surface area contributed by atoms with Crippen molar-refractivity contribution in [2.45, 2.75) is 31.0 Å². The number of rotatable bonds is 4. The molecule has 172 valence electrons. The molecule has 1 aromatic carbocycles. The van der Waals surface area contributed by atoms with E-state index in [2.05, 4.69) is 33.1 Å². The number of hydrogen-bond acceptors (Lipinski definition) is 6. The fourth-order valence-electron chi connectivity index (χ4n) is 4.83. The van der Waals surface area contributed by atoms with Crippen molar-refractivity contribution in [1.82, 2.24) is 14.9 Å². The highest BCUT2D eigenvalue weighted by molar-refractivity contribution is 5.94. The lowest BCUT2D eigenvalue weighted by atomic mass is 9.75. The highest BCUT2D eigenvalue weighted by Gasteiger charge is 2.36. The summed E-state index contributed by atoms with van der Waals surface area (Å²) >= 11 is 0. The summed E-state index contributed by atoms with van der Waals surface area (Å²) in [5.74, 6) is 0. The van der Waals surface area contributed by atoms with Crippen LogP contribution in [0.3, 0.4) is 0 Å². The van der Waals surface area contributed by atoms with Gasteiger partial charge in [-0.3, -0.25) is 0 Å². The molecule has 8 heteroatoms. The van der Waals surface area contributed by atoms with E-state index in [-0.39, 0.29) is 12.2 Å². The summed E-state index contributed by atoms with van der Waals surface area (Å²) in [4.78, 5) is 24.4. The number of aromatic nitrogens is 2. The Kier molecular flexibility index (Phi) is 4.99. The zero-order valence-corrected chi connectivity index (χ0v) is 18.5. The van der Waals surface area contributed by atoms with Crippen LogP contribution in [0.1, 0.15) is 24.8 Å². The van der Waals surface area contributed by atoms with Gasteiger partial charge in [0, 0.05) is 49.1 Å². The molecule has 0 radical (unpaired) electrons. The van der Waals surface area contributed by atoms with E-state index in [0.29, 0.717) is 26.3 Å². The van der Waals surface area contributed by atoms with E-state index in [9.17, 15) is 9.90 Å². The third-order valence-corrected chi connectivity index (χ3v) is 7.18. The van der Waals surface area contributed by atoms with E-state index in [0.717, 1.165) is 65.9 Å². The standard InChI is InChI=1S/C25H28N4O4/c30-24(33-19-15-32-16-19)29-12-10-28(11-13-29)22-6-9-26-23-20(22)14-21(27-23)17-2-4-18(5-3-17)25(31)7-1-8-25/h2-6,9,14,19,31H,1,7-8,10-13,15-16H2,(H,26,27). The summed E-state index contributed by atoms with van der Waals surface area (Å²) in [5.41, 5.74) is 4.38. The van der Waals surface area contributed by atoms with Gasteiger partial charge in [-0.05, 0) is 42.5 Å². The maximum Gasteiger partial charge on any atom is 0.410 e. The second-order valence-electron chi connectivity index (χ2n) is 9.26. The number of anilines is 1. The predicted molar refractivity (Wildman–Crippen MR) is 124 cm³/mol. The van der Waals surface area contributed by atoms with Crippen molar-refractivity contribution in [2.75, 3.05) is 44.3 Å². The van der Waals surface area contributed by atoms with E-state index >= 15 is 0 Å². The van der Waals surface area contributed by atoms with Gasteiger partial charge in [-0.1, -0.05) is 24.3 Å². The summed E-state index contributed by atoms with van der Waals surface area (Å²) < 4.78 is 10.5. The Morgan fingerprint density at radius 3 is 2.52 bits per heavy atom. The largest absolute Gasteiger partial charge is 0.441 e. The van der Waals surface area contributed by atoms with Crippen molar-refractivity contribution >= 4 is 22.8 Å². The molecule has 0 atom stereocenters. The molecule has 1 saturated carbocycles. The van der Waals surface area contributed by atoms with Crippen LogP contribution >= 0.6 is 0 Å². The molecule has 6 rings (SSSR count). The first-order valence-electron chi connectivity index (χ1n) is 11.7. The molecule has 3 aliphatic rings. The zero-order valence-electron chi connectivity index (χ0n) is 18.5. The molecule has 2 aromatic heterocycles. The van der Waals surface area contributed by atoms with Crippen molar-refractivity contribution in [3.05, 3.63) is 48.2 Å². The summed E-state index contributed by atoms with van der Waals surface area (Å²) in [5, 5.41) is 11.7. The van der Waals surface area contributed by atoms with Gasteiger partial charge in [0.1, 0.15) is 5.65 Å². The van der Waals surface area contributed by atoms with E-state index in [1.165, 1.54) is 0 Å². The Bertz CT molecular complexity index is 1160. The lowest BCUT2D eigenvalue weighted by Gasteiger charge is -2.37. The van der Waals surface area contributed by atoms with Crippen LogP contribution in [0.2, 0.25) is 0 Å². The van der Waals surface area contributed by atoms with Crippen molar-refractivity contribution in [2.24, 2.45) is 0 Å². The van der Waals surface area contributed by atoms with Gasteiger partial charge >= 0.3 is 6.09 Å². The Morgan fingerprint density at radius 2 is 1.88 bits per heavy atom. The molecule has 0 unspecified atom stereocenters. The maximum absolute atomic E-state index is 12.3. The number of carbonyl (C=O) groups excluding carboxylic acids is 1. The van der Waals surface area contributed by atoms with Crippen LogP contribution in [0.25, 0.3) is 22.3 Å². The topological polar surface area (TPSA) is 90.9 Å². The van der Waals surface area contributed by atoms with Gasteiger partial charge < -0.3 is 29.4 Å². The molecule has 1 amide bonds. The first kappa shape index (κ1) is 20.5. The highest BCUT2D eigenvalue weighted by atomic mass is 16.6. The Morgan fingerprint density at radius 1 is 1.12 bits per heavy atom. The Balaban J connectivity index is 1.18. The highest BCUT2D eigenvalue weighted by Crippen LogP contribution is 2.41. The van der Waals surface area contributed by atoms with E-state index in [1.807, 2.05) is 24.4 Å². The number of hydrogen-bond donors (Lipinski definition) is 2. The normalized spacial score (nSPS) is 20.4. The summed E-state index contributed by atoms with van der Waals surface area (Å²) in [6.07, 6.45) is 4.24. The van der Waals surface area contributed by atoms with Crippen molar-refractivity contribution < 1.29 is 19.4 Å². The number of amides is 1. The molecule has 0 bridgehead atoms. The van der Waals surface area contributed by atoms with E-state index in [1.54, 1.807) is 4.90 Å². The molecular weight excluding hydrogens is 420 g/mol. The van der Waals surface area contributed by atoms with Crippen LogP contribution < -0.4 is 4.90 Å². The van der Waals surface area contributed by atoms with Crippen LogP contribution in [0.15, 0.2) is 42.6 Å². The lowest BCUT2D eigenvalue weighted by Crippen LogP contribution is -2.51. The van der Waals surface area contributed by atoms with Gasteiger partial charge in [0.25, 0.3) is 0 Å². The van der Waals surface area contributed by atoms with Crippen molar-refractivity contribution in [1.29, 1.82) is 0 Å². The monoisotopic (exact) mass is 448 g/mol. The molecule has 2 N–H and O–H groups in total. The second-order valence-corrected chi connectivity index (χ2v) is 9.26. The van der Waals surface area contributed by atoms with Gasteiger partial charge in [0.15, 0.2) is 6.10 Å². The number of H-pyrrole nitrogens is 1. The fraction of sp³-hybridized carbons (Fsp3) is 0.440. The van der Waals surface area contributed by atoms with Crippen LogP contribution in [0, 0.1) is 0 Å². The van der Waals surface area contributed by atoms with Crippen molar-refractivity contribution in [3.8, 4) is 11.3 Å². The molecule has 1 aliphatic carbocycles. The minimum atomic E-state index is -0.645. The van der Waals surface area contributed by atoms with Gasteiger partial charge in [0.2, 0.25) is 0 Å². The minimum Gasteiger partial charge on any atom is -0.441 e. The average molecular weight is 449 g/mol. The smallest absolute Gasteiger partial charge is 0.410 e. The number of nitrogens with one attached hydrogen (secondary N) is 1. The van der Waals surface area contributed by atoms with E-state index in [4.69, 9.17) is 9.47 Å². The SMILES string of the molecule is O=C(OC1COC1)N1CCN(c2ccnc3[nH]c(-c4ccc(C5(O)CCC5)cc4)cc23)CC1. The first-order chi connectivity index (χ1) is 16.1. The molecular formula is C25H28N4O4.